The molecule has 0 aliphatic carbocycles. The number of benzene rings is 1. The molecule has 0 saturated carbocycles. The minimum atomic E-state index is -2.81. The molecule has 2 fully saturated rings. The summed E-state index contributed by atoms with van der Waals surface area (Å²) in [4.78, 5) is 38.8. The van der Waals surface area contributed by atoms with Crippen molar-refractivity contribution in [3.8, 4) is 23.6 Å². The quantitative estimate of drug-likeness (QED) is 0.253. The fourth-order valence-electron chi connectivity index (χ4n) is 5.98. The Morgan fingerprint density at radius 3 is 2.63 bits per heavy atom. The zero-order chi connectivity index (χ0) is 32.5. The Morgan fingerprint density at radius 1 is 1.20 bits per heavy atom. The number of β-amino-alcohol motifs (C(OH)–C–C–N with tert-alkyl or cyclic N) is 1. The van der Waals surface area contributed by atoms with E-state index in [4.69, 9.17) is 6.42 Å². The Kier molecular flexibility index (Phi) is 8.70. The van der Waals surface area contributed by atoms with E-state index in [-0.39, 0.29) is 29.1 Å². The molecule has 240 valence electrons. The van der Waals surface area contributed by atoms with Crippen LogP contribution in [0.4, 0.5) is 20.3 Å². The van der Waals surface area contributed by atoms with E-state index < -0.39 is 18.6 Å². The van der Waals surface area contributed by atoms with Crippen molar-refractivity contribution in [3.05, 3.63) is 59.8 Å². The predicted octanol–water partition coefficient (Wildman–Crippen LogP) is 3.04. The number of terminal acetylenes is 1. The summed E-state index contributed by atoms with van der Waals surface area (Å²) in [6.45, 7) is 5.79. The molecule has 46 heavy (non-hydrogen) atoms. The van der Waals surface area contributed by atoms with Crippen LogP contribution in [-0.2, 0) is 11.2 Å². The van der Waals surface area contributed by atoms with E-state index in [2.05, 4.69) is 31.6 Å². The summed E-state index contributed by atoms with van der Waals surface area (Å²) in [7, 11) is 0. The zero-order valence-electron chi connectivity index (χ0n) is 25.5. The number of amides is 2. The van der Waals surface area contributed by atoms with Gasteiger partial charge in [0.15, 0.2) is 11.5 Å². The molecule has 0 radical (unpaired) electrons. The van der Waals surface area contributed by atoms with Crippen LogP contribution in [0.3, 0.4) is 0 Å². The Morgan fingerprint density at radius 2 is 1.96 bits per heavy atom. The maximum absolute atomic E-state index is 13.9. The van der Waals surface area contributed by atoms with Crippen LogP contribution < -0.4 is 10.6 Å². The number of alkyl halides is 2. The number of aromatic nitrogens is 5. The summed E-state index contributed by atoms with van der Waals surface area (Å²) < 4.78 is 30.9. The monoisotopic (exact) mass is 631 g/mol. The summed E-state index contributed by atoms with van der Waals surface area (Å²) in [6, 6.07) is 4.57. The molecule has 0 bridgehead atoms. The van der Waals surface area contributed by atoms with Gasteiger partial charge in [0.2, 0.25) is 5.91 Å². The molecule has 12 nitrogen and oxygen atoms in total. The Balaban J connectivity index is 1.19. The van der Waals surface area contributed by atoms with E-state index in [1.807, 2.05) is 13.0 Å². The molecule has 3 aromatic heterocycles. The van der Waals surface area contributed by atoms with Crippen LogP contribution in [0, 0.1) is 12.3 Å². The van der Waals surface area contributed by atoms with E-state index in [0.717, 1.165) is 5.56 Å². The van der Waals surface area contributed by atoms with Gasteiger partial charge in [-0.25, -0.2) is 18.7 Å². The van der Waals surface area contributed by atoms with E-state index in [9.17, 15) is 23.5 Å². The van der Waals surface area contributed by atoms with Crippen LogP contribution in [0.15, 0.2) is 43.0 Å². The lowest BCUT2D eigenvalue weighted by atomic mass is 10.0. The lowest BCUT2D eigenvalue weighted by Gasteiger charge is -2.36. The fraction of sp³-hybridized carbons (Fsp3) is 0.406. The summed E-state index contributed by atoms with van der Waals surface area (Å²) in [5.74, 6) is 2.77. The van der Waals surface area contributed by atoms with E-state index in [1.54, 1.807) is 45.7 Å². The highest BCUT2D eigenvalue weighted by molar-refractivity contribution is 5.96. The molecule has 3 atom stereocenters. The molecule has 6 rings (SSSR count). The Bertz CT molecular complexity index is 1810. The molecule has 14 heteroatoms. The van der Waals surface area contributed by atoms with Gasteiger partial charge in [-0.15, -0.1) is 6.42 Å². The average Bonchev–Trinajstić information content (AvgIpc) is 3.82. The van der Waals surface area contributed by atoms with E-state index >= 15 is 0 Å². The number of rotatable bonds is 8. The molecule has 2 amide bonds. The van der Waals surface area contributed by atoms with Gasteiger partial charge >= 0.3 is 0 Å². The van der Waals surface area contributed by atoms with Crippen molar-refractivity contribution in [3.63, 3.8) is 0 Å². The highest BCUT2D eigenvalue weighted by Crippen LogP contribution is 2.33. The highest BCUT2D eigenvalue weighted by Gasteiger charge is 2.34. The van der Waals surface area contributed by atoms with Crippen LogP contribution in [0.25, 0.3) is 16.9 Å². The minimum Gasteiger partial charge on any atom is -0.392 e. The molecule has 1 unspecified atom stereocenters. The number of carbonyl (C=O) groups is 2. The van der Waals surface area contributed by atoms with Crippen molar-refractivity contribution in [1.29, 1.82) is 0 Å². The first-order valence-corrected chi connectivity index (χ1v) is 15.2. The van der Waals surface area contributed by atoms with Crippen LogP contribution in [-0.4, -0.2) is 95.7 Å². The van der Waals surface area contributed by atoms with Crippen LogP contribution in [0.2, 0.25) is 0 Å². The van der Waals surface area contributed by atoms with Crippen molar-refractivity contribution in [2.24, 2.45) is 0 Å². The largest absolute Gasteiger partial charge is 0.392 e. The summed E-state index contributed by atoms with van der Waals surface area (Å²) in [5, 5.41) is 20.1. The smallest absolute Gasteiger partial charge is 0.282 e. The van der Waals surface area contributed by atoms with Gasteiger partial charge in [0.25, 0.3) is 12.3 Å². The zero-order valence-corrected chi connectivity index (χ0v) is 25.5. The van der Waals surface area contributed by atoms with Crippen molar-refractivity contribution in [2.75, 3.05) is 38.0 Å². The van der Waals surface area contributed by atoms with Crippen molar-refractivity contribution >= 4 is 29.0 Å². The molecular formula is C32H35F2N9O3. The number of nitrogens with one attached hydrogen (secondary N) is 2. The number of nitrogens with zero attached hydrogens (tertiary/aromatic N) is 7. The summed E-state index contributed by atoms with van der Waals surface area (Å²) in [5.41, 5.74) is 2.78. The first kappa shape index (κ1) is 31.1. The standard InChI is InChI=1S/C32H35F2N9O3/c1-4-19(3)43-18-24(27(39-43)28(33)34)26-17-37-30-29(35-8-9-42(26)30)38-21-6-7-23(20(5-2)14-21)31(45)40-10-12-41(13-11-40)32(46)25-15-22(44)16-36-25/h1,6-9,14,17-19,22,25,28,36,44H,5,10-13,15-16H2,2-3H3,(H,35,38)/t19?,22-,25+/m0/s1. The summed E-state index contributed by atoms with van der Waals surface area (Å²) in [6.07, 6.45) is 9.36. The lowest BCUT2D eigenvalue weighted by molar-refractivity contribution is -0.134. The van der Waals surface area contributed by atoms with Gasteiger partial charge in [-0.05, 0) is 43.5 Å². The summed E-state index contributed by atoms with van der Waals surface area (Å²) >= 11 is 0. The molecule has 4 aromatic rings. The van der Waals surface area contributed by atoms with E-state index in [0.29, 0.717) is 74.0 Å². The molecule has 2 aliphatic heterocycles. The second-order valence-electron chi connectivity index (χ2n) is 11.5. The fourth-order valence-corrected chi connectivity index (χ4v) is 5.98. The number of halogens is 2. The average molecular weight is 632 g/mol. The number of aliphatic hydroxyl groups is 1. The van der Waals surface area contributed by atoms with Gasteiger partial charge in [-0.3, -0.25) is 18.7 Å². The van der Waals surface area contributed by atoms with Gasteiger partial charge in [-0.2, -0.15) is 5.10 Å². The van der Waals surface area contributed by atoms with Gasteiger partial charge < -0.3 is 25.5 Å². The molecule has 5 heterocycles. The second-order valence-corrected chi connectivity index (χ2v) is 11.5. The number of anilines is 2. The first-order chi connectivity index (χ1) is 22.2. The number of piperazine rings is 1. The minimum absolute atomic E-state index is 0.0374. The third kappa shape index (κ3) is 5.91. The maximum Gasteiger partial charge on any atom is 0.282 e. The molecular weight excluding hydrogens is 596 g/mol. The first-order valence-electron chi connectivity index (χ1n) is 15.2. The van der Waals surface area contributed by atoms with Crippen LogP contribution in [0.5, 0.6) is 0 Å². The second kappa shape index (κ2) is 12.9. The van der Waals surface area contributed by atoms with E-state index in [1.165, 1.54) is 17.1 Å². The number of fused-ring (bicyclic) bond motifs is 1. The van der Waals surface area contributed by atoms with Crippen molar-refractivity contribution < 1.29 is 23.5 Å². The number of carbonyl (C=O) groups excluding carboxylic acids is 2. The number of imidazole rings is 1. The lowest BCUT2D eigenvalue weighted by Crippen LogP contribution is -2.54. The van der Waals surface area contributed by atoms with Gasteiger partial charge in [0.1, 0.15) is 11.7 Å². The number of hydrogen-bond acceptors (Lipinski definition) is 8. The number of aryl methyl sites for hydroxylation is 1. The van der Waals surface area contributed by atoms with Crippen molar-refractivity contribution in [2.45, 2.75) is 51.3 Å². The van der Waals surface area contributed by atoms with Crippen LogP contribution in [0.1, 0.15) is 54.4 Å². The topological polar surface area (TPSA) is 133 Å². The molecule has 2 aliphatic rings. The van der Waals surface area contributed by atoms with Crippen molar-refractivity contribution in [1.82, 2.24) is 39.3 Å². The Hall–Kier alpha value is -4.87. The van der Waals surface area contributed by atoms with Crippen LogP contribution >= 0.6 is 0 Å². The van der Waals surface area contributed by atoms with Gasteiger partial charge in [0, 0.05) is 68.1 Å². The predicted molar refractivity (Wildman–Crippen MR) is 167 cm³/mol. The molecule has 0 spiro atoms. The van der Waals surface area contributed by atoms with Gasteiger partial charge in [-0.1, -0.05) is 12.8 Å². The third-order valence-electron chi connectivity index (χ3n) is 8.57. The van der Waals surface area contributed by atoms with Gasteiger partial charge in [0.05, 0.1) is 24.0 Å². The third-order valence-corrected chi connectivity index (χ3v) is 8.57. The number of aliphatic hydroxyl groups excluding tert-OH is 1. The normalized spacial score (nSPS) is 19.1. The maximum atomic E-state index is 13.9. The highest BCUT2D eigenvalue weighted by atomic mass is 19.3. The molecule has 1 aromatic carbocycles. The number of hydrogen-bond donors (Lipinski definition) is 3. The molecule has 2 saturated heterocycles. The Labute approximate surface area is 264 Å². The molecule has 3 N–H and O–H groups in total. The SMILES string of the molecule is C#CC(C)n1cc(-c2cnc3c(Nc4ccc(C(=O)N5CCN(C(=O)[C@H]6C[C@H](O)CN6)CC5)c(CC)c4)nccn23)c(C(F)F)n1.